The van der Waals surface area contributed by atoms with E-state index in [-0.39, 0.29) is 42.8 Å². The number of phenols is 1. The molecule has 8 heteroatoms. The summed E-state index contributed by atoms with van der Waals surface area (Å²) in [6.07, 6.45) is 1.43. The van der Waals surface area contributed by atoms with Crippen molar-refractivity contribution in [2.45, 2.75) is 53.4 Å². The van der Waals surface area contributed by atoms with E-state index in [0.29, 0.717) is 11.4 Å². The first kappa shape index (κ1) is 26.0. The van der Waals surface area contributed by atoms with Crippen molar-refractivity contribution in [1.29, 1.82) is 0 Å². The Labute approximate surface area is 201 Å². The molecular formula is C26H34NO6P. The highest BCUT2D eigenvalue weighted by Crippen LogP contribution is 2.51. The Hall–Kier alpha value is -2.60. The summed E-state index contributed by atoms with van der Waals surface area (Å²) < 4.78 is 30.1. The molecule has 0 aliphatic carbocycles. The van der Waals surface area contributed by atoms with Crippen LogP contribution in [0.1, 0.15) is 70.1 Å². The van der Waals surface area contributed by atoms with Gasteiger partial charge in [-0.15, -0.1) is 0 Å². The monoisotopic (exact) mass is 487 g/mol. The van der Waals surface area contributed by atoms with Gasteiger partial charge in [0.2, 0.25) is 0 Å². The lowest BCUT2D eigenvalue weighted by Crippen LogP contribution is -2.38. The number of nitrogens with zero attached hydrogens (tertiary/aromatic N) is 1. The number of hydrogen-bond donors (Lipinski definition) is 1. The minimum absolute atomic E-state index is 0.0911. The second-order valence-electron chi connectivity index (χ2n) is 8.76. The number of carbonyl (C=O) groups is 1. The number of aromatic hydroxyl groups is 1. The highest BCUT2D eigenvalue weighted by atomic mass is 31.2. The van der Waals surface area contributed by atoms with Gasteiger partial charge < -0.3 is 18.9 Å². The number of benzene rings is 2. The van der Waals surface area contributed by atoms with Crippen molar-refractivity contribution in [3.05, 3.63) is 58.8 Å². The number of anilines is 1. The maximum absolute atomic E-state index is 13.5. The summed E-state index contributed by atoms with van der Waals surface area (Å²) in [6, 6.07) is 10.8. The molecule has 2 aromatic carbocycles. The van der Waals surface area contributed by atoms with E-state index in [1.54, 1.807) is 38.1 Å². The third kappa shape index (κ3) is 5.54. The molecule has 0 spiro atoms. The molecule has 1 amide bonds. The fourth-order valence-electron chi connectivity index (χ4n) is 3.91. The average Bonchev–Trinajstić information content (AvgIpc) is 2.77. The minimum Gasteiger partial charge on any atom is -0.507 e. The third-order valence-electron chi connectivity index (χ3n) is 5.53. The standard InChI is InChI=1S/C26H34NO6P/c1-7-31-34(30,32-8-2)16-27-22-11-9-10-12-23(22)33-24(26(27)29)15-19-13-20(17(3)4)25(28)21(14-19)18(5)6/h9-15,17-18,28H,7-8,16H2,1-6H3. The van der Waals surface area contributed by atoms with E-state index < -0.39 is 13.5 Å². The molecule has 2 aromatic rings. The van der Waals surface area contributed by atoms with Gasteiger partial charge in [-0.2, -0.15) is 0 Å². The molecule has 0 aromatic heterocycles. The van der Waals surface area contributed by atoms with E-state index in [1.807, 2.05) is 45.9 Å². The summed E-state index contributed by atoms with van der Waals surface area (Å²) in [5, 5.41) is 10.7. The molecule has 184 valence electrons. The predicted octanol–water partition coefficient (Wildman–Crippen LogP) is 6.63. The summed E-state index contributed by atoms with van der Waals surface area (Å²) in [6.45, 7) is 11.9. The van der Waals surface area contributed by atoms with Crippen LogP contribution in [0.3, 0.4) is 0 Å². The molecule has 1 aliphatic heterocycles. The number of rotatable bonds is 9. The van der Waals surface area contributed by atoms with Crippen molar-refractivity contribution in [2.24, 2.45) is 0 Å². The molecule has 7 nitrogen and oxygen atoms in total. The molecule has 34 heavy (non-hydrogen) atoms. The molecule has 1 aliphatic rings. The summed E-state index contributed by atoms with van der Waals surface area (Å²) >= 11 is 0. The molecule has 0 saturated carbocycles. The number of hydrogen-bond acceptors (Lipinski definition) is 6. The van der Waals surface area contributed by atoms with Gasteiger partial charge in [-0.05, 0) is 72.7 Å². The van der Waals surface area contributed by atoms with Gasteiger partial charge in [0.05, 0.1) is 18.9 Å². The Morgan fingerprint density at radius 1 is 1.03 bits per heavy atom. The number of fused-ring (bicyclic) bond motifs is 1. The van der Waals surface area contributed by atoms with Crippen LogP contribution in [-0.4, -0.2) is 30.5 Å². The van der Waals surface area contributed by atoms with Crippen molar-refractivity contribution in [3.63, 3.8) is 0 Å². The van der Waals surface area contributed by atoms with Crippen molar-refractivity contribution in [2.75, 3.05) is 24.4 Å². The van der Waals surface area contributed by atoms with Crippen LogP contribution in [-0.2, 0) is 18.4 Å². The second-order valence-corrected chi connectivity index (χ2v) is 10.8. The largest absolute Gasteiger partial charge is 0.507 e. The molecule has 3 rings (SSSR count). The topological polar surface area (TPSA) is 85.3 Å². The SMILES string of the molecule is CCOP(=O)(CN1C(=O)C(=Cc2cc(C(C)C)c(O)c(C(C)C)c2)Oc2ccccc21)OCC. The van der Waals surface area contributed by atoms with E-state index in [9.17, 15) is 14.5 Å². The Bertz CT molecular complexity index is 1090. The van der Waals surface area contributed by atoms with E-state index >= 15 is 0 Å². The van der Waals surface area contributed by atoms with Crippen LogP contribution < -0.4 is 9.64 Å². The molecule has 0 bridgehead atoms. The van der Waals surface area contributed by atoms with E-state index in [2.05, 4.69) is 0 Å². The fourth-order valence-corrected chi connectivity index (χ4v) is 5.56. The zero-order valence-corrected chi connectivity index (χ0v) is 21.6. The van der Waals surface area contributed by atoms with Gasteiger partial charge in [0.15, 0.2) is 11.5 Å². The number of amides is 1. The van der Waals surface area contributed by atoms with Crippen LogP contribution in [0.2, 0.25) is 0 Å². The van der Waals surface area contributed by atoms with Crippen molar-refractivity contribution in [3.8, 4) is 11.5 Å². The maximum atomic E-state index is 13.5. The molecule has 0 fully saturated rings. The summed E-state index contributed by atoms with van der Waals surface area (Å²) in [5.41, 5.74) is 2.85. The van der Waals surface area contributed by atoms with E-state index in [1.165, 1.54) is 4.90 Å². The van der Waals surface area contributed by atoms with Crippen LogP contribution in [0, 0.1) is 0 Å². The van der Waals surface area contributed by atoms with Crippen LogP contribution >= 0.6 is 7.60 Å². The van der Waals surface area contributed by atoms with Crippen molar-refractivity contribution < 1.29 is 28.3 Å². The first-order valence-electron chi connectivity index (χ1n) is 11.7. The van der Waals surface area contributed by atoms with Crippen molar-refractivity contribution in [1.82, 2.24) is 0 Å². The van der Waals surface area contributed by atoms with Crippen molar-refractivity contribution >= 4 is 25.3 Å². The first-order chi connectivity index (χ1) is 16.1. The zero-order chi connectivity index (χ0) is 25.0. The van der Waals surface area contributed by atoms with E-state index in [4.69, 9.17) is 13.8 Å². The summed E-state index contributed by atoms with van der Waals surface area (Å²) in [4.78, 5) is 14.9. The molecule has 0 atom stereocenters. The molecule has 0 unspecified atom stereocenters. The quantitative estimate of drug-likeness (QED) is 0.316. The Morgan fingerprint density at radius 2 is 1.59 bits per heavy atom. The normalized spacial score (nSPS) is 15.2. The molecule has 1 heterocycles. The van der Waals surface area contributed by atoms with Crippen LogP contribution in [0.15, 0.2) is 42.2 Å². The molecular weight excluding hydrogens is 453 g/mol. The first-order valence-corrected chi connectivity index (χ1v) is 13.4. The average molecular weight is 488 g/mol. The Kier molecular flexibility index (Phi) is 8.24. The van der Waals surface area contributed by atoms with Crippen LogP contribution in [0.25, 0.3) is 6.08 Å². The predicted molar refractivity (Wildman–Crippen MR) is 135 cm³/mol. The minimum atomic E-state index is -3.55. The fraction of sp³-hybridized carbons (Fsp3) is 0.423. The Morgan fingerprint density at radius 3 is 2.12 bits per heavy atom. The number of phenolic OH excluding ortho intramolecular Hbond substituents is 1. The van der Waals surface area contributed by atoms with Gasteiger partial charge in [-0.1, -0.05) is 39.8 Å². The highest BCUT2D eigenvalue weighted by molar-refractivity contribution is 7.54. The van der Waals surface area contributed by atoms with Gasteiger partial charge in [0.1, 0.15) is 12.0 Å². The zero-order valence-electron chi connectivity index (χ0n) is 20.7. The van der Waals surface area contributed by atoms with Gasteiger partial charge in [-0.25, -0.2) is 0 Å². The number of para-hydroxylation sites is 2. The maximum Gasteiger partial charge on any atom is 0.350 e. The lowest BCUT2D eigenvalue weighted by Gasteiger charge is -2.32. The molecule has 1 N–H and O–H groups in total. The van der Waals surface area contributed by atoms with Gasteiger partial charge >= 0.3 is 7.60 Å². The molecule has 0 saturated heterocycles. The van der Waals surface area contributed by atoms with E-state index in [0.717, 1.165) is 16.7 Å². The number of carbonyl (C=O) groups excluding carboxylic acids is 1. The lowest BCUT2D eigenvalue weighted by molar-refractivity contribution is -0.117. The third-order valence-corrected chi connectivity index (χ3v) is 7.46. The lowest BCUT2D eigenvalue weighted by atomic mass is 9.91. The number of ether oxygens (including phenoxy) is 1. The Balaban J connectivity index is 2.09. The summed E-state index contributed by atoms with van der Waals surface area (Å²) in [7, 11) is -3.55. The van der Waals surface area contributed by atoms with Gasteiger partial charge in [0, 0.05) is 0 Å². The van der Waals surface area contributed by atoms with Crippen LogP contribution in [0.4, 0.5) is 5.69 Å². The second kappa shape index (κ2) is 10.8. The van der Waals surface area contributed by atoms with Gasteiger partial charge in [-0.3, -0.25) is 14.3 Å². The summed E-state index contributed by atoms with van der Waals surface area (Å²) in [5.74, 6) is 0.597. The van der Waals surface area contributed by atoms with Crippen LogP contribution in [0.5, 0.6) is 11.5 Å². The smallest absolute Gasteiger partial charge is 0.350 e. The van der Waals surface area contributed by atoms with Gasteiger partial charge in [0.25, 0.3) is 5.91 Å². The highest BCUT2D eigenvalue weighted by Gasteiger charge is 2.37. The molecule has 0 radical (unpaired) electrons.